The number of benzene rings is 1. The first-order valence-electron chi connectivity index (χ1n) is 8.72. The van der Waals surface area contributed by atoms with Gasteiger partial charge in [-0.1, -0.05) is 24.3 Å². The number of rotatable bonds is 3. The molecule has 0 unspecified atom stereocenters. The van der Waals surface area contributed by atoms with E-state index in [2.05, 4.69) is 15.3 Å². The topological polar surface area (TPSA) is 57.8 Å². The second kappa shape index (κ2) is 6.99. The number of halogens is 3. The molecule has 28 heavy (non-hydrogen) atoms. The van der Waals surface area contributed by atoms with E-state index < -0.39 is 11.7 Å². The number of carbonyl (C=O) groups is 1. The number of aromatic nitrogens is 2. The zero-order valence-electron chi connectivity index (χ0n) is 14.7. The predicted molar refractivity (Wildman–Crippen MR) is 100 cm³/mol. The van der Waals surface area contributed by atoms with Crippen molar-refractivity contribution in [3.05, 3.63) is 76.7 Å². The van der Waals surface area contributed by atoms with Crippen LogP contribution in [-0.2, 0) is 12.6 Å². The number of fused-ring (bicyclic) bond motifs is 1. The SMILES string of the molecule is O=C1NCCc2[nH]c(-c3ccnc(C=Cc4ccccc4C(F)(F)F)c3)cc21. The van der Waals surface area contributed by atoms with Crippen molar-refractivity contribution < 1.29 is 18.0 Å². The molecule has 3 aromatic rings. The van der Waals surface area contributed by atoms with E-state index >= 15 is 0 Å². The van der Waals surface area contributed by atoms with Crippen LogP contribution in [0.3, 0.4) is 0 Å². The zero-order valence-corrected chi connectivity index (χ0v) is 14.7. The van der Waals surface area contributed by atoms with Gasteiger partial charge in [-0.15, -0.1) is 0 Å². The van der Waals surface area contributed by atoms with Gasteiger partial charge in [0.15, 0.2) is 0 Å². The van der Waals surface area contributed by atoms with Crippen LogP contribution in [0.4, 0.5) is 13.2 Å². The highest BCUT2D eigenvalue weighted by atomic mass is 19.4. The molecule has 0 saturated carbocycles. The summed E-state index contributed by atoms with van der Waals surface area (Å²) in [4.78, 5) is 19.4. The lowest BCUT2D eigenvalue weighted by atomic mass is 10.1. The van der Waals surface area contributed by atoms with Gasteiger partial charge in [-0.25, -0.2) is 0 Å². The number of H-pyrrole nitrogens is 1. The summed E-state index contributed by atoms with van der Waals surface area (Å²) in [5.41, 5.74) is 2.99. The van der Waals surface area contributed by atoms with Gasteiger partial charge < -0.3 is 10.3 Å². The van der Waals surface area contributed by atoms with Gasteiger partial charge in [-0.05, 0) is 35.9 Å². The van der Waals surface area contributed by atoms with Crippen molar-refractivity contribution >= 4 is 18.1 Å². The molecule has 0 spiro atoms. The Bertz CT molecular complexity index is 1070. The van der Waals surface area contributed by atoms with Gasteiger partial charge >= 0.3 is 6.18 Å². The summed E-state index contributed by atoms with van der Waals surface area (Å²) in [6.07, 6.45) is 0.851. The molecule has 0 saturated heterocycles. The molecule has 4 rings (SSSR count). The fourth-order valence-corrected chi connectivity index (χ4v) is 3.23. The number of pyridine rings is 1. The van der Waals surface area contributed by atoms with Gasteiger partial charge in [0.25, 0.3) is 5.91 Å². The molecular weight excluding hydrogens is 367 g/mol. The van der Waals surface area contributed by atoms with Gasteiger partial charge in [0.05, 0.1) is 16.8 Å². The second-order valence-electron chi connectivity index (χ2n) is 6.47. The molecule has 0 radical (unpaired) electrons. The van der Waals surface area contributed by atoms with E-state index in [1.54, 1.807) is 36.5 Å². The molecule has 2 aromatic heterocycles. The third-order valence-corrected chi connectivity index (χ3v) is 4.60. The molecule has 1 amide bonds. The average molecular weight is 383 g/mol. The molecule has 1 aliphatic heterocycles. The molecular formula is C21H16F3N3O. The maximum atomic E-state index is 13.1. The smallest absolute Gasteiger partial charge is 0.358 e. The third kappa shape index (κ3) is 3.55. The van der Waals surface area contributed by atoms with Crippen LogP contribution in [0.2, 0.25) is 0 Å². The van der Waals surface area contributed by atoms with Crippen LogP contribution in [0.25, 0.3) is 23.4 Å². The highest BCUT2D eigenvalue weighted by Crippen LogP contribution is 2.32. The van der Waals surface area contributed by atoms with E-state index in [0.29, 0.717) is 17.8 Å². The fraction of sp³-hybridized carbons (Fsp3) is 0.143. The van der Waals surface area contributed by atoms with E-state index in [0.717, 1.165) is 29.4 Å². The number of amides is 1. The quantitative estimate of drug-likeness (QED) is 0.697. The Labute approximate surface area is 159 Å². The van der Waals surface area contributed by atoms with E-state index in [-0.39, 0.29) is 11.5 Å². The molecule has 0 fully saturated rings. The first-order chi connectivity index (χ1) is 13.4. The Morgan fingerprint density at radius 2 is 1.89 bits per heavy atom. The maximum Gasteiger partial charge on any atom is 0.416 e. The van der Waals surface area contributed by atoms with Crippen molar-refractivity contribution in [3.8, 4) is 11.3 Å². The van der Waals surface area contributed by atoms with Crippen LogP contribution in [0.15, 0.2) is 48.7 Å². The highest BCUT2D eigenvalue weighted by Gasteiger charge is 2.32. The molecule has 2 N–H and O–H groups in total. The molecule has 0 bridgehead atoms. The molecule has 3 heterocycles. The van der Waals surface area contributed by atoms with Gasteiger partial charge in [0.2, 0.25) is 0 Å². The predicted octanol–water partition coefficient (Wildman–Crippen LogP) is 4.55. The summed E-state index contributed by atoms with van der Waals surface area (Å²) < 4.78 is 39.4. The third-order valence-electron chi connectivity index (χ3n) is 4.60. The minimum absolute atomic E-state index is 0.0780. The van der Waals surface area contributed by atoms with Gasteiger partial charge in [-0.3, -0.25) is 9.78 Å². The van der Waals surface area contributed by atoms with E-state index in [9.17, 15) is 18.0 Å². The molecule has 1 aromatic carbocycles. The summed E-state index contributed by atoms with van der Waals surface area (Å²) in [7, 11) is 0. The largest absolute Gasteiger partial charge is 0.416 e. The number of hydrogen-bond acceptors (Lipinski definition) is 2. The molecule has 0 aliphatic carbocycles. The number of nitrogens with zero attached hydrogens (tertiary/aromatic N) is 1. The molecule has 4 nitrogen and oxygen atoms in total. The van der Waals surface area contributed by atoms with E-state index in [1.165, 1.54) is 18.2 Å². The molecule has 1 aliphatic rings. The van der Waals surface area contributed by atoms with Crippen molar-refractivity contribution in [2.75, 3.05) is 6.54 Å². The number of carbonyl (C=O) groups excluding carboxylic acids is 1. The van der Waals surface area contributed by atoms with Crippen LogP contribution in [0, 0.1) is 0 Å². The summed E-state index contributed by atoms with van der Waals surface area (Å²) in [6, 6.07) is 10.7. The van der Waals surface area contributed by atoms with Crippen LogP contribution in [-0.4, -0.2) is 22.4 Å². The first-order valence-corrected chi connectivity index (χ1v) is 8.72. The van der Waals surface area contributed by atoms with Gasteiger partial charge in [0, 0.05) is 36.1 Å². The minimum Gasteiger partial charge on any atom is -0.358 e. The average Bonchev–Trinajstić information content (AvgIpc) is 3.12. The molecule has 7 heteroatoms. The van der Waals surface area contributed by atoms with Gasteiger partial charge in [0.1, 0.15) is 0 Å². The number of alkyl halides is 3. The van der Waals surface area contributed by atoms with E-state index in [1.807, 2.05) is 0 Å². The zero-order chi connectivity index (χ0) is 19.7. The standard InChI is InChI=1S/C21H16F3N3O/c22-21(23,24)17-4-2-1-3-13(17)5-6-15-11-14(7-9-25-15)19-12-16-18(27-19)8-10-26-20(16)28/h1-7,9,11-12,27H,8,10H2,(H,26,28). The van der Waals surface area contributed by atoms with Crippen molar-refractivity contribution in [2.45, 2.75) is 12.6 Å². The minimum atomic E-state index is -4.42. The number of nitrogens with one attached hydrogen (secondary N) is 2. The lowest BCUT2D eigenvalue weighted by Crippen LogP contribution is -2.31. The summed E-state index contributed by atoms with van der Waals surface area (Å²) >= 11 is 0. The van der Waals surface area contributed by atoms with Crippen LogP contribution >= 0.6 is 0 Å². The monoisotopic (exact) mass is 383 g/mol. The summed E-state index contributed by atoms with van der Waals surface area (Å²) in [5.74, 6) is -0.110. The Hall–Kier alpha value is -3.35. The van der Waals surface area contributed by atoms with Crippen molar-refractivity contribution in [2.24, 2.45) is 0 Å². The van der Waals surface area contributed by atoms with Crippen LogP contribution in [0.5, 0.6) is 0 Å². The normalized spacial score (nSPS) is 14.2. The maximum absolute atomic E-state index is 13.1. The summed E-state index contributed by atoms with van der Waals surface area (Å²) in [5, 5.41) is 2.80. The Morgan fingerprint density at radius 3 is 2.68 bits per heavy atom. The van der Waals surface area contributed by atoms with Crippen molar-refractivity contribution in [1.82, 2.24) is 15.3 Å². The molecule has 142 valence electrons. The van der Waals surface area contributed by atoms with E-state index in [4.69, 9.17) is 0 Å². The summed E-state index contributed by atoms with van der Waals surface area (Å²) in [6.45, 7) is 0.592. The van der Waals surface area contributed by atoms with Crippen molar-refractivity contribution in [1.29, 1.82) is 0 Å². The molecule has 0 atom stereocenters. The van der Waals surface area contributed by atoms with Crippen LogP contribution in [0.1, 0.15) is 32.9 Å². The number of aromatic amines is 1. The Morgan fingerprint density at radius 1 is 1.07 bits per heavy atom. The second-order valence-corrected chi connectivity index (χ2v) is 6.47. The lowest BCUT2D eigenvalue weighted by molar-refractivity contribution is -0.137. The van der Waals surface area contributed by atoms with Crippen LogP contribution < -0.4 is 5.32 Å². The fourth-order valence-electron chi connectivity index (χ4n) is 3.23. The Kier molecular flexibility index (Phi) is 4.50. The first kappa shape index (κ1) is 18.0. The van der Waals surface area contributed by atoms with Gasteiger partial charge in [-0.2, -0.15) is 13.2 Å². The Balaban J connectivity index is 1.64. The number of hydrogen-bond donors (Lipinski definition) is 2. The highest BCUT2D eigenvalue weighted by molar-refractivity contribution is 5.97. The van der Waals surface area contributed by atoms with Crippen molar-refractivity contribution in [3.63, 3.8) is 0 Å². The lowest BCUT2D eigenvalue weighted by Gasteiger charge is -2.10.